The van der Waals surface area contributed by atoms with Crippen molar-refractivity contribution in [3.63, 3.8) is 0 Å². The first-order chi connectivity index (χ1) is 6.86. The average molecular weight is 184 g/mol. The Labute approximate surface area is 79.0 Å². The number of fused-ring (bicyclic) bond motifs is 1. The van der Waals surface area contributed by atoms with E-state index in [1.54, 1.807) is 0 Å². The third kappa shape index (κ3) is 1.10. The monoisotopic (exact) mass is 184 g/mol. The van der Waals surface area contributed by atoms with Gasteiger partial charge in [0.1, 0.15) is 22.8 Å². The van der Waals surface area contributed by atoms with Gasteiger partial charge in [0, 0.05) is 12.4 Å². The lowest BCUT2D eigenvalue weighted by molar-refractivity contribution is 1.28. The van der Waals surface area contributed by atoms with E-state index in [1.807, 2.05) is 6.07 Å². The Bertz CT molecular complexity index is 544. The maximum Gasteiger partial charge on any atom is 0.135 e. The smallest absolute Gasteiger partial charge is 0.135 e. The van der Waals surface area contributed by atoms with Crippen LogP contribution in [0, 0.1) is 16.2 Å². The van der Waals surface area contributed by atoms with Crippen molar-refractivity contribution < 1.29 is 0 Å². The molecule has 0 bridgehead atoms. The van der Waals surface area contributed by atoms with Crippen LogP contribution in [0.3, 0.4) is 0 Å². The van der Waals surface area contributed by atoms with Gasteiger partial charge < -0.3 is 0 Å². The molecular formula is C9H4N4O. The van der Waals surface area contributed by atoms with Gasteiger partial charge in [0.2, 0.25) is 0 Å². The van der Waals surface area contributed by atoms with Crippen molar-refractivity contribution in [2.75, 3.05) is 0 Å². The Morgan fingerprint density at radius 3 is 2.57 bits per heavy atom. The van der Waals surface area contributed by atoms with Crippen molar-refractivity contribution >= 4 is 16.7 Å². The minimum absolute atomic E-state index is 0.201. The van der Waals surface area contributed by atoms with Crippen LogP contribution in [0.5, 0.6) is 0 Å². The number of hydrogen-bond acceptors (Lipinski definition) is 5. The molecule has 0 atom stereocenters. The van der Waals surface area contributed by atoms with Gasteiger partial charge in [-0.3, -0.25) is 9.97 Å². The predicted molar refractivity (Wildman–Crippen MR) is 49.7 cm³/mol. The molecule has 5 nitrogen and oxygen atoms in total. The van der Waals surface area contributed by atoms with Crippen LogP contribution < -0.4 is 0 Å². The molecule has 0 amide bonds. The van der Waals surface area contributed by atoms with E-state index < -0.39 is 0 Å². The Kier molecular flexibility index (Phi) is 1.88. The van der Waals surface area contributed by atoms with E-state index in [4.69, 9.17) is 5.26 Å². The summed E-state index contributed by atoms with van der Waals surface area (Å²) in [6, 6.07) is 4.94. The first kappa shape index (κ1) is 8.26. The van der Waals surface area contributed by atoms with Crippen molar-refractivity contribution in [1.82, 2.24) is 9.97 Å². The number of hydrogen-bond donors (Lipinski definition) is 0. The highest BCUT2D eigenvalue weighted by Crippen LogP contribution is 2.24. The van der Waals surface area contributed by atoms with Crippen LogP contribution in [0.15, 0.2) is 29.7 Å². The lowest BCUT2D eigenvalue weighted by Crippen LogP contribution is -1.86. The maximum absolute atomic E-state index is 10.4. The molecule has 0 aliphatic heterocycles. The van der Waals surface area contributed by atoms with Gasteiger partial charge in [-0.05, 0) is 17.3 Å². The van der Waals surface area contributed by atoms with Crippen molar-refractivity contribution in [3.8, 4) is 6.07 Å². The number of rotatable bonds is 1. The molecule has 0 radical (unpaired) electrons. The zero-order valence-electron chi connectivity index (χ0n) is 7.01. The summed E-state index contributed by atoms with van der Waals surface area (Å²) >= 11 is 0. The third-order valence-electron chi connectivity index (χ3n) is 1.82. The molecule has 1 heterocycles. The van der Waals surface area contributed by atoms with Crippen LogP contribution in [0.25, 0.3) is 11.0 Å². The minimum Gasteiger partial charge on any atom is -0.252 e. The lowest BCUT2D eigenvalue weighted by atomic mass is 10.1. The van der Waals surface area contributed by atoms with Crippen molar-refractivity contribution in [3.05, 3.63) is 35.0 Å². The van der Waals surface area contributed by atoms with Gasteiger partial charge in [0.05, 0.1) is 5.56 Å². The second-order valence-corrected chi connectivity index (χ2v) is 2.59. The van der Waals surface area contributed by atoms with Gasteiger partial charge in [-0.2, -0.15) is 5.26 Å². The molecule has 0 aliphatic rings. The minimum atomic E-state index is 0.201. The molecule has 14 heavy (non-hydrogen) atoms. The summed E-state index contributed by atoms with van der Waals surface area (Å²) in [6.07, 6.45) is 2.93. The topological polar surface area (TPSA) is 79.0 Å². The van der Waals surface area contributed by atoms with Gasteiger partial charge in [-0.25, -0.2) is 0 Å². The molecule has 0 fully saturated rings. The van der Waals surface area contributed by atoms with Crippen LogP contribution >= 0.6 is 0 Å². The van der Waals surface area contributed by atoms with Crippen LogP contribution in [0.2, 0.25) is 0 Å². The molecular weight excluding hydrogens is 180 g/mol. The first-order valence-corrected chi connectivity index (χ1v) is 3.84. The van der Waals surface area contributed by atoms with E-state index in [0.29, 0.717) is 16.6 Å². The van der Waals surface area contributed by atoms with Crippen LogP contribution in [0.4, 0.5) is 5.69 Å². The normalized spacial score (nSPS) is 9.64. The van der Waals surface area contributed by atoms with Gasteiger partial charge >= 0.3 is 0 Å². The fraction of sp³-hybridized carbons (Fsp3) is 0. The number of nitroso groups, excluding NO2 is 1. The highest BCUT2D eigenvalue weighted by Gasteiger charge is 2.07. The fourth-order valence-corrected chi connectivity index (χ4v) is 1.21. The Morgan fingerprint density at radius 1 is 1.21 bits per heavy atom. The molecule has 5 heteroatoms. The maximum atomic E-state index is 10.4. The standard InChI is InChI=1S/C9H4N4O/c10-5-6-1-2-7(13-14)9-8(6)11-3-4-12-9/h1-4H. The summed E-state index contributed by atoms with van der Waals surface area (Å²) in [4.78, 5) is 18.3. The van der Waals surface area contributed by atoms with Crippen LogP contribution in [-0.4, -0.2) is 9.97 Å². The third-order valence-corrected chi connectivity index (χ3v) is 1.82. The van der Waals surface area contributed by atoms with Crippen molar-refractivity contribution in [2.45, 2.75) is 0 Å². The van der Waals surface area contributed by atoms with E-state index >= 15 is 0 Å². The largest absolute Gasteiger partial charge is 0.252 e. The molecule has 2 rings (SSSR count). The number of nitrogens with zero attached hydrogens (tertiary/aromatic N) is 4. The van der Waals surface area contributed by atoms with Gasteiger partial charge in [0.15, 0.2) is 0 Å². The Balaban J connectivity index is 2.93. The highest BCUT2D eigenvalue weighted by molar-refractivity contribution is 5.89. The van der Waals surface area contributed by atoms with Crippen LogP contribution in [-0.2, 0) is 0 Å². The molecule has 0 saturated carbocycles. The summed E-state index contributed by atoms with van der Waals surface area (Å²) in [5, 5.41) is 11.6. The SMILES string of the molecule is N#Cc1ccc(N=O)c2nccnc12. The first-order valence-electron chi connectivity index (χ1n) is 3.84. The average Bonchev–Trinajstić information content (AvgIpc) is 2.27. The molecule has 0 unspecified atom stereocenters. The fourth-order valence-electron chi connectivity index (χ4n) is 1.21. The molecule has 0 spiro atoms. The summed E-state index contributed by atoms with van der Waals surface area (Å²) in [6.45, 7) is 0. The summed E-state index contributed by atoms with van der Waals surface area (Å²) in [5.41, 5.74) is 1.36. The zero-order chi connectivity index (χ0) is 9.97. The molecule has 0 aliphatic carbocycles. The molecule has 0 N–H and O–H groups in total. The molecule has 2 aromatic rings. The van der Waals surface area contributed by atoms with Crippen LogP contribution in [0.1, 0.15) is 5.56 Å². The van der Waals surface area contributed by atoms with E-state index in [1.165, 1.54) is 24.5 Å². The second kappa shape index (κ2) is 3.18. The number of nitriles is 1. The van der Waals surface area contributed by atoms with Crippen molar-refractivity contribution in [2.24, 2.45) is 5.18 Å². The molecule has 1 aromatic carbocycles. The second-order valence-electron chi connectivity index (χ2n) is 2.59. The van der Waals surface area contributed by atoms with E-state index in [-0.39, 0.29) is 5.69 Å². The molecule has 66 valence electrons. The molecule has 0 saturated heterocycles. The lowest BCUT2D eigenvalue weighted by Gasteiger charge is -1.98. The predicted octanol–water partition coefficient (Wildman–Crippen LogP) is 1.90. The zero-order valence-corrected chi connectivity index (χ0v) is 7.01. The number of aromatic nitrogens is 2. The Hall–Kier alpha value is -2.35. The van der Waals surface area contributed by atoms with Crippen molar-refractivity contribution in [1.29, 1.82) is 5.26 Å². The van der Waals surface area contributed by atoms with Gasteiger partial charge in [-0.15, -0.1) is 4.91 Å². The number of benzene rings is 1. The van der Waals surface area contributed by atoms with Gasteiger partial charge in [-0.1, -0.05) is 0 Å². The molecule has 1 aromatic heterocycles. The van der Waals surface area contributed by atoms with E-state index in [0.717, 1.165) is 0 Å². The highest BCUT2D eigenvalue weighted by atomic mass is 16.3. The van der Waals surface area contributed by atoms with E-state index in [9.17, 15) is 4.91 Å². The Morgan fingerprint density at radius 2 is 1.93 bits per heavy atom. The van der Waals surface area contributed by atoms with E-state index in [2.05, 4.69) is 15.1 Å². The summed E-state index contributed by atoms with van der Waals surface area (Å²) in [7, 11) is 0. The summed E-state index contributed by atoms with van der Waals surface area (Å²) < 4.78 is 0. The summed E-state index contributed by atoms with van der Waals surface area (Å²) in [5.74, 6) is 0. The quantitative estimate of drug-likeness (QED) is 0.634. The van der Waals surface area contributed by atoms with Gasteiger partial charge in [0.25, 0.3) is 0 Å².